The molecule has 34 heavy (non-hydrogen) atoms. The zero-order valence-corrected chi connectivity index (χ0v) is 19.5. The van der Waals surface area contributed by atoms with Gasteiger partial charge in [-0.05, 0) is 55.3 Å². The van der Waals surface area contributed by atoms with Gasteiger partial charge in [-0.3, -0.25) is 14.4 Å². The van der Waals surface area contributed by atoms with Crippen molar-refractivity contribution in [1.29, 1.82) is 0 Å². The lowest BCUT2D eigenvalue weighted by Gasteiger charge is -2.42. The highest BCUT2D eigenvalue weighted by molar-refractivity contribution is 5.99. The fraction of sp³-hybridized carbons (Fsp3) is 0.400. The molecule has 2 N–H and O–H groups in total. The third-order valence-electron chi connectivity index (χ3n) is 6.12. The molecule has 2 aliphatic heterocycles. The van der Waals surface area contributed by atoms with Crippen molar-refractivity contribution in [3.05, 3.63) is 48.0 Å². The number of benzene rings is 2. The molecule has 4 rings (SSSR count). The SMILES string of the molecule is COc1ccc(NC(=O)C[C@H]2CC[C@H]3[C@@H](COc4ccc(NC(C)=O)cc4C(=O)N3C)O2)cc1. The van der Waals surface area contributed by atoms with E-state index in [2.05, 4.69) is 10.6 Å². The summed E-state index contributed by atoms with van der Waals surface area (Å²) < 4.78 is 17.3. The first-order valence-electron chi connectivity index (χ1n) is 11.2. The summed E-state index contributed by atoms with van der Waals surface area (Å²) in [6.45, 7) is 1.67. The Kier molecular flexibility index (Phi) is 7.02. The first-order valence-corrected chi connectivity index (χ1v) is 11.2. The standard InChI is InChI=1S/C25H29N3O6/c1-15(29)26-17-6-11-22-20(12-17)25(31)28(2)21-10-9-19(34-23(21)14-33-22)13-24(30)27-16-4-7-18(32-3)8-5-16/h4-8,11-12,19,21,23H,9-10,13-14H2,1-3H3,(H,26,29)(H,27,30)/t19-,21+,23-/m1/s1. The van der Waals surface area contributed by atoms with E-state index in [1.165, 1.54) is 6.92 Å². The summed E-state index contributed by atoms with van der Waals surface area (Å²) >= 11 is 0. The monoisotopic (exact) mass is 467 g/mol. The Labute approximate surface area is 198 Å². The molecule has 0 unspecified atom stereocenters. The molecule has 2 heterocycles. The van der Waals surface area contributed by atoms with Gasteiger partial charge in [0.15, 0.2) is 0 Å². The largest absolute Gasteiger partial charge is 0.497 e. The maximum atomic E-state index is 13.2. The fourth-order valence-electron chi connectivity index (χ4n) is 4.40. The van der Waals surface area contributed by atoms with Gasteiger partial charge in [-0.25, -0.2) is 0 Å². The van der Waals surface area contributed by atoms with Crippen LogP contribution in [-0.4, -0.2) is 61.6 Å². The molecule has 0 saturated carbocycles. The lowest BCUT2D eigenvalue weighted by molar-refractivity contribution is -0.130. The summed E-state index contributed by atoms with van der Waals surface area (Å²) in [6.07, 6.45) is 0.923. The van der Waals surface area contributed by atoms with Gasteiger partial charge in [-0.2, -0.15) is 0 Å². The van der Waals surface area contributed by atoms with Crippen LogP contribution in [0.2, 0.25) is 0 Å². The van der Waals surface area contributed by atoms with Crippen LogP contribution in [0, 0.1) is 0 Å². The van der Waals surface area contributed by atoms with Crippen LogP contribution >= 0.6 is 0 Å². The van der Waals surface area contributed by atoms with Gasteiger partial charge in [-0.1, -0.05) is 0 Å². The second-order valence-corrected chi connectivity index (χ2v) is 8.54. The molecule has 180 valence electrons. The number of carbonyl (C=O) groups is 3. The number of ether oxygens (including phenoxy) is 3. The Morgan fingerprint density at radius 1 is 1.09 bits per heavy atom. The topological polar surface area (TPSA) is 106 Å². The molecule has 2 aromatic carbocycles. The van der Waals surface area contributed by atoms with Gasteiger partial charge in [0.25, 0.3) is 5.91 Å². The molecule has 3 amide bonds. The third-order valence-corrected chi connectivity index (χ3v) is 6.12. The molecule has 2 aromatic rings. The average molecular weight is 468 g/mol. The predicted octanol–water partition coefficient (Wildman–Crippen LogP) is 3.06. The lowest BCUT2D eigenvalue weighted by Crippen LogP contribution is -2.53. The number of likely N-dealkylation sites (N-methyl/N-ethyl adjacent to an activating group) is 1. The molecule has 0 aliphatic carbocycles. The molecule has 0 aromatic heterocycles. The minimum absolute atomic E-state index is 0.138. The summed E-state index contributed by atoms with van der Waals surface area (Å²) in [7, 11) is 3.34. The van der Waals surface area contributed by atoms with E-state index in [9.17, 15) is 14.4 Å². The number of hydrogen-bond donors (Lipinski definition) is 2. The summed E-state index contributed by atoms with van der Waals surface area (Å²) in [5, 5.41) is 5.58. The van der Waals surface area contributed by atoms with Gasteiger partial charge in [0, 0.05) is 25.3 Å². The van der Waals surface area contributed by atoms with E-state index in [0.29, 0.717) is 35.5 Å². The van der Waals surface area contributed by atoms with Crippen molar-refractivity contribution in [2.24, 2.45) is 0 Å². The summed E-state index contributed by atoms with van der Waals surface area (Å²) in [4.78, 5) is 38.8. The Bertz CT molecular complexity index is 1070. The van der Waals surface area contributed by atoms with Crippen LogP contribution in [0.1, 0.15) is 36.5 Å². The van der Waals surface area contributed by atoms with Crippen molar-refractivity contribution < 1.29 is 28.6 Å². The number of methoxy groups -OCH3 is 1. The Balaban J connectivity index is 1.41. The van der Waals surface area contributed by atoms with Gasteiger partial charge < -0.3 is 29.7 Å². The lowest BCUT2D eigenvalue weighted by atomic mass is 9.94. The number of amides is 3. The fourth-order valence-corrected chi connectivity index (χ4v) is 4.40. The number of nitrogens with zero attached hydrogens (tertiary/aromatic N) is 1. The smallest absolute Gasteiger partial charge is 0.257 e. The Morgan fingerprint density at radius 3 is 2.53 bits per heavy atom. The van der Waals surface area contributed by atoms with Gasteiger partial charge in [0.05, 0.1) is 31.2 Å². The number of hydrogen-bond acceptors (Lipinski definition) is 6. The molecule has 1 saturated heterocycles. The van der Waals surface area contributed by atoms with Crippen LogP contribution in [0.4, 0.5) is 11.4 Å². The van der Waals surface area contributed by atoms with Crippen LogP contribution in [0.25, 0.3) is 0 Å². The molecule has 0 spiro atoms. The average Bonchev–Trinajstić information content (AvgIpc) is 2.82. The first-order chi connectivity index (χ1) is 16.3. The van der Waals surface area contributed by atoms with Crippen molar-refractivity contribution in [3.8, 4) is 11.5 Å². The molecular weight excluding hydrogens is 438 g/mol. The minimum Gasteiger partial charge on any atom is -0.497 e. The Hall–Kier alpha value is -3.59. The zero-order valence-electron chi connectivity index (χ0n) is 19.5. The van der Waals surface area contributed by atoms with Crippen LogP contribution in [-0.2, 0) is 14.3 Å². The summed E-state index contributed by atoms with van der Waals surface area (Å²) in [6, 6.07) is 12.0. The molecule has 2 aliphatic rings. The number of carbonyl (C=O) groups excluding carboxylic acids is 3. The second-order valence-electron chi connectivity index (χ2n) is 8.54. The van der Waals surface area contributed by atoms with Gasteiger partial charge >= 0.3 is 0 Å². The quantitative estimate of drug-likeness (QED) is 0.700. The van der Waals surface area contributed by atoms with E-state index < -0.39 is 0 Å². The van der Waals surface area contributed by atoms with Crippen molar-refractivity contribution in [2.45, 2.75) is 44.4 Å². The van der Waals surface area contributed by atoms with Crippen LogP contribution < -0.4 is 20.1 Å². The highest BCUT2D eigenvalue weighted by Crippen LogP contribution is 2.32. The summed E-state index contributed by atoms with van der Waals surface area (Å²) in [5.41, 5.74) is 1.62. The predicted molar refractivity (Wildman–Crippen MR) is 126 cm³/mol. The Morgan fingerprint density at radius 2 is 1.82 bits per heavy atom. The third kappa shape index (κ3) is 5.31. The number of nitrogens with one attached hydrogen (secondary N) is 2. The molecule has 9 nitrogen and oxygen atoms in total. The maximum Gasteiger partial charge on any atom is 0.257 e. The molecule has 1 fully saturated rings. The van der Waals surface area contributed by atoms with E-state index in [4.69, 9.17) is 14.2 Å². The van der Waals surface area contributed by atoms with E-state index in [-0.39, 0.29) is 49.0 Å². The van der Waals surface area contributed by atoms with E-state index in [1.54, 1.807) is 61.5 Å². The van der Waals surface area contributed by atoms with Crippen LogP contribution in [0.3, 0.4) is 0 Å². The van der Waals surface area contributed by atoms with E-state index in [0.717, 1.165) is 5.75 Å². The molecule has 9 heteroatoms. The van der Waals surface area contributed by atoms with E-state index >= 15 is 0 Å². The molecule has 0 radical (unpaired) electrons. The molecular formula is C25H29N3O6. The van der Waals surface area contributed by atoms with E-state index in [1.807, 2.05) is 0 Å². The highest BCUT2D eigenvalue weighted by atomic mass is 16.5. The van der Waals surface area contributed by atoms with Gasteiger partial charge in [-0.15, -0.1) is 0 Å². The normalized spacial score (nSPS) is 21.8. The minimum atomic E-state index is -0.357. The van der Waals surface area contributed by atoms with Gasteiger partial charge in [0.1, 0.15) is 24.2 Å². The maximum absolute atomic E-state index is 13.2. The number of anilines is 2. The van der Waals surface area contributed by atoms with Crippen molar-refractivity contribution in [2.75, 3.05) is 31.4 Å². The molecule has 3 atom stereocenters. The zero-order chi connectivity index (χ0) is 24.2. The number of rotatable bonds is 5. The van der Waals surface area contributed by atoms with Crippen LogP contribution in [0.5, 0.6) is 11.5 Å². The van der Waals surface area contributed by atoms with Crippen molar-refractivity contribution in [1.82, 2.24) is 4.90 Å². The number of fused-ring (bicyclic) bond motifs is 2. The highest BCUT2D eigenvalue weighted by Gasteiger charge is 2.39. The van der Waals surface area contributed by atoms with Crippen molar-refractivity contribution in [3.63, 3.8) is 0 Å². The van der Waals surface area contributed by atoms with Gasteiger partial charge in [0.2, 0.25) is 11.8 Å². The van der Waals surface area contributed by atoms with Crippen LogP contribution in [0.15, 0.2) is 42.5 Å². The van der Waals surface area contributed by atoms with Crippen molar-refractivity contribution >= 4 is 29.1 Å². The second kappa shape index (κ2) is 10.1. The summed E-state index contributed by atoms with van der Waals surface area (Å²) in [5.74, 6) is 0.607. The molecule has 0 bridgehead atoms. The first kappa shape index (κ1) is 23.6.